The lowest BCUT2D eigenvalue weighted by Crippen LogP contribution is -2.35. The zero-order valence-corrected chi connectivity index (χ0v) is 10.8. The Balaban J connectivity index is 2.90. The molecule has 0 aromatic heterocycles. The van der Waals surface area contributed by atoms with Crippen molar-refractivity contribution in [2.45, 2.75) is 25.1 Å². The average molecular weight is 305 g/mol. The molecule has 116 valence electrons. The molecular weight excluding hydrogens is 291 g/mol. The fourth-order valence-electron chi connectivity index (χ4n) is 1.84. The quantitative estimate of drug-likeness (QED) is 0.743. The van der Waals surface area contributed by atoms with Gasteiger partial charge in [0.05, 0.1) is 11.5 Å². The number of alkyl halides is 3. The van der Waals surface area contributed by atoms with Gasteiger partial charge in [-0.15, -0.1) is 0 Å². The van der Waals surface area contributed by atoms with Gasteiger partial charge in [-0.05, 0) is 24.5 Å². The van der Waals surface area contributed by atoms with E-state index in [-0.39, 0.29) is 18.4 Å². The standard InChI is InChI=1S/C13H14F3NO4/c14-13(15,16)9-3-1-2-7(5-9)4-8(11(18)19)6-10(17)12(20)21/h1-3,5,8,10H,4,6,17H2,(H,18,19)(H,20,21). The normalized spacial score (nSPS) is 14.5. The molecular formula is C13H14F3NO4. The second kappa shape index (κ2) is 6.57. The number of carboxylic acid groups (broad SMARTS) is 2. The van der Waals surface area contributed by atoms with Crippen molar-refractivity contribution in [2.24, 2.45) is 11.7 Å². The highest BCUT2D eigenvalue weighted by molar-refractivity contribution is 5.76. The molecule has 8 heteroatoms. The molecule has 2 unspecified atom stereocenters. The van der Waals surface area contributed by atoms with Crippen molar-refractivity contribution in [3.63, 3.8) is 0 Å². The van der Waals surface area contributed by atoms with Gasteiger partial charge >= 0.3 is 18.1 Å². The van der Waals surface area contributed by atoms with Crippen molar-refractivity contribution in [3.8, 4) is 0 Å². The van der Waals surface area contributed by atoms with E-state index in [1.165, 1.54) is 12.1 Å². The second-order valence-corrected chi connectivity index (χ2v) is 4.62. The van der Waals surface area contributed by atoms with Gasteiger partial charge in [0.1, 0.15) is 6.04 Å². The number of hydrogen-bond acceptors (Lipinski definition) is 3. The van der Waals surface area contributed by atoms with E-state index >= 15 is 0 Å². The molecule has 21 heavy (non-hydrogen) atoms. The highest BCUT2D eigenvalue weighted by Gasteiger charge is 2.31. The minimum atomic E-state index is -4.52. The zero-order chi connectivity index (χ0) is 16.2. The SMILES string of the molecule is NC(CC(Cc1cccc(C(F)(F)F)c1)C(=O)O)C(=O)O. The maximum absolute atomic E-state index is 12.6. The first-order chi connectivity index (χ1) is 9.61. The Hall–Kier alpha value is -2.09. The summed E-state index contributed by atoms with van der Waals surface area (Å²) in [4.78, 5) is 21.7. The predicted molar refractivity (Wildman–Crippen MR) is 66.5 cm³/mol. The third-order valence-corrected chi connectivity index (χ3v) is 2.94. The number of hydrogen-bond donors (Lipinski definition) is 3. The van der Waals surface area contributed by atoms with Crippen LogP contribution in [0.3, 0.4) is 0 Å². The van der Waals surface area contributed by atoms with E-state index < -0.39 is 35.6 Å². The molecule has 0 amide bonds. The molecule has 0 radical (unpaired) electrons. The van der Waals surface area contributed by atoms with Crippen molar-refractivity contribution in [1.82, 2.24) is 0 Å². The van der Waals surface area contributed by atoms with Crippen LogP contribution in [-0.2, 0) is 22.2 Å². The molecule has 0 aliphatic carbocycles. The first-order valence-electron chi connectivity index (χ1n) is 5.98. The summed E-state index contributed by atoms with van der Waals surface area (Å²) >= 11 is 0. The highest BCUT2D eigenvalue weighted by atomic mass is 19.4. The van der Waals surface area contributed by atoms with Crippen LogP contribution in [0.4, 0.5) is 13.2 Å². The number of carboxylic acids is 2. The molecule has 0 bridgehead atoms. The summed E-state index contributed by atoms with van der Waals surface area (Å²) in [6.07, 6.45) is -5.10. The van der Waals surface area contributed by atoms with Gasteiger partial charge < -0.3 is 15.9 Å². The number of rotatable bonds is 6. The van der Waals surface area contributed by atoms with Crippen LogP contribution in [-0.4, -0.2) is 28.2 Å². The molecule has 0 fully saturated rings. The van der Waals surface area contributed by atoms with E-state index in [1.54, 1.807) is 0 Å². The smallest absolute Gasteiger partial charge is 0.416 e. The van der Waals surface area contributed by atoms with E-state index in [9.17, 15) is 22.8 Å². The third-order valence-electron chi connectivity index (χ3n) is 2.94. The Bertz CT molecular complexity index is 530. The molecule has 0 heterocycles. The van der Waals surface area contributed by atoms with E-state index in [0.717, 1.165) is 12.1 Å². The summed E-state index contributed by atoms with van der Waals surface area (Å²) in [5.41, 5.74) is 4.54. The van der Waals surface area contributed by atoms with Gasteiger partial charge in [0.2, 0.25) is 0 Å². The summed E-state index contributed by atoms with van der Waals surface area (Å²) in [6.45, 7) is 0. The van der Waals surface area contributed by atoms with Crippen molar-refractivity contribution >= 4 is 11.9 Å². The van der Waals surface area contributed by atoms with Crippen LogP contribution >= 0.6 is 0 Å². The van der Waals surface area contributed by atoms with Crippen LogP contribution in [0.1, 0.15) is 17.5 Å². The lowest BCUT2D eigenvalue weighted by molar-refractivity contribution is -0.143. The summed E-state index contributed by atoms with van der Waals surface area (Å²) in [6, 6.07) is 2.88. The summed E-state index contributed by atoms with van der Waals surface area (Å²) in [7, 11) is 0. The molecule has 5 nitrogen and oxygen atoms in total. The third kappa shape index (κ3) is 5.07. The first-order valence-corrected chi connectivity index (χ1v) is 5.98. The van der Waals surface area contributed by atoms with Gasteiger partial charge in [0.15, 0.2) is 0 Å². The van der Waals surface area contributed by atoms with Gasteiger partial charge in [0, 0.05) is 0 Å². The molecule has 0 spiro atoms. The molecule has 0 saturated heterocycles. The van der Waals surface area contributed by atoms with E-state index in [4.69, 9.17) is 15.9 Å². The Morgan fingerprint density at radius 1 is 1.19 bits per heavy atom. The molecule has 2 atom stereocenters. The van der Waals surface area contributed by atoms with Gasteiger partial charge in [0.25, 0.3) is 0 Å². The summed E-state index contributed by atoms with van der Waals surface area (Å²) < 4.78 is 37.7. The predicted octanol–water partition coefficient (Wildman–Crippen LogP) is 1.75. The van der Waals surface area contributed by atoms with Crippen molar-refractivity contribution < 1.29 is 33.0 Å². The summed E-state index contributed by atoms with van der Waals surface area (Å²) in [5.74, 6) is -3.83. The van der Waals surface area contributed by atoms with Crippen molar-refractivity contribution in [1.29, 1.82) is 0 Å². The Morgan fingerprint density at radius 3 is 2.29 bits per heavy atom. The van der Waals surface area contributed by atoms with Crippen LogP contribution in [0.25, 0.3) is 0 Å². The second-order valence-electron chi connectivity index (χ2n) is 4.62. The maximum Gasteiger partial charge on any atom is 0.416 e. The Kier molecular flexibility index (Phi) is 5.31. The Labute approximate surface area is 118 Å². The fraction of sp³-hybridized carbons (Fsp3) is 0.385. The lowest BCUT2D eigenvalue weighted by atomic mass is 9.92. The Morgan fingerprint density at radius 2 is 1.81 bits per heavy atom. The van der Waals surface area contributed by atoms with E-state index in [2.05, 4.69) is 0 Å². The van der Waals surface area contributed by atoms with E-state index in [1.807, 2.05) is 0 Å². The largest absolute Gasteiger partial charge is 0.481 e. The topological polar surface area (TPSA) is 101 Å². The average Bonchev–Trinajstić information content (AvgIpc) is 2.36. The van der Waals surface area contributed by atoms with E-state index in [0.29, 0.717) is 0 Å². The van der Waals surface area contributed by atoms with Gasteiger partial charge in [-0.25, -0.2) is 0 Å². The molecule has 1 aromatic rings. The number of halogens is 3. The fourth-order valence-corrected chi connectivity index (χ4v) is 1.84. The summed E-state index contributed by atoms with van der Waals surface area (Å²) in [5, 5.41) is 17.7. The minimum Gasteiger partial charge on any atom is -0.481 e. The van der Waals surface area contributed by atoms with Gasteiger partial charge in [-0.1, -0.05) is 18.2 Å². The molecule has 0 saturated carbocycles. The number of carbonyl (C=O) groups is 2. The van der Waals surface area contributed by atoms with Gasteiger partial charge in [-0.3, -0.25) is 9.59 Å². The molecule has 0 aliphatic rings. The zero-order valence-electron chi connectivity index (χ0n) is 10.8. The number of aliphatic carboxylic acids is 2. The highest BCUT2D eigenvalue weighted by Crippen LogP contribution is 2.30. The van der Waals surface area contributed by atoms with Crippen LogP contribution in [0, 0.1) is 5.92 Å². The molecule has 0 aliphatic heterocycles. The van der Waals surface area contributed by atoms with Crippen LogP contribution < -0.4 is 5.73 Å². The number of benzene rings is 1. The minimum absolute atomic E-state index is 0.162. The van der Waals surface area contributed by atoms with Crippen molar-refractivity contribution in [3.05, 3.63) is 35.4 Å². The number of nitrogens with two attached hydrogens (primary N) is 1. The molecule has 4 N–H and O–H groups in total. The van der Waals surface area contributed by atoms with Crippen LogP contribution in [0.2, 0.25) is 0 Å². The monoisotopic (exact) mass is 305 g/mol. The maximum atomic E-state index is 12.6. The first kappa shape index (κ1) is 17.0. The lowest BCUT2D eigenvalue weighted by Gasteiger charge is -2.16. The van der Waals surface area contributed by atoms with Gasteiger partial charge in [-0.2, -0.15) is 13.2 Å². The molecule has 1 aromatic carbocycles. The van der Waals surface area contributed by atoms with Crippen molar-refractivity contribution in [2.75, 3.05) is 0 Å². The molecule has 1 rings (SSSR count). The van der Waals surface area contributed by atoms with Crippen LogP contribution in [0.5, 0.6) is 0 Å². The van der Waals surface area contributed by atoms with Crippen LogP contribution in [0.15, 0.2) is 24.3 Å².